The number of hydrogen-bond donors (Lipinski definition) is 1. The zero-order valence-corrected chi connectivity index (χ0v) is 15.5. The molecule has 3 nitrogen and oxygen atoms in total. The minimum atomic E-state index is -4.59. The Morgan fingerprint density at radius 2 is 1.79 bits per heavy atom. The molecule has 8 heteroatoms. The Morgan fingerprint density at radius 1 is 1.03 bits per heavy atom. The predicted molar refractivity (Wildman–Crippen MR) is 103 cm³/mol. The van der Waals surface area contributed by atoms with Crippen molar-refractivity contribution in [1.29, 1.82) is 0 Å². The monoisotopic (exact) mass is 420 g/mol. The van der Waals surface area contributed by atoms with E-state index in [2.05, 4.69) is 0 Å². The van der Waals surface area contributed by atoms with Crippen LogP contribution in [0.2, 0.25) is 5.02 Å². The molecule has 0 aliphatic heterocycles. The molecule has 1 amide bonds. The Balaban J connectivity index is 2.00. The third-order valence-electron chi connectivity index (χ3n) is 4.82. The van der Waals surface area contributed by atoms with E-state index in [0.29, 0.717) is 32.9 Å². The second kappa shape index (κ2) is 6.77. The molecule has 4 rings (SSSR count). The summed E-state index contributed by atoms with van der Waals surface area (Å²) in [5, 5.41) is 1.58. The highest BCUT2D eigenvalue weighted by molar-refractivity contribution is 6.32. The molecule has 0 aliphatic rings. The Bertz CT molecular complexity index is 1280. The lowest BCUT2D eigenvalue weighted by atomic mass is 10.1. The first-order valence-corrected chi connectivity index (χ1v) is 8.90. The molecule has 0 saturated heterocycles. The first-order chi connectivity index (χ1) is 13.7. The van der Waals surface area contributed by atoms with E-state index >= 15 is 0 Å². The number of primary amides is 1. The van der Waals surface area contributed by atoms with Crippen molar-refractivity contribution in [3.05, 3.63) is 82.1 Å². The average molecular weight is 421 g/mol. The second-order valence-corrected chi connectivity index (χ2v) is 7.05. The lowest BCUT2D eigenvalue weighted by molar-refractivity contribution is -0.137. The van der Waals surface area contributed by atoms with Gasteiger partial charge in [-0.3, -0.25) is 4.79 Å². The number of nitrogens with two attached hydrogens (primary N) is 1. The van der Waals surface area contributed by atoms with Crippen LogP contribution in [0.25, 0.3) is 21.8 Å². The number of rotatable bonds is 3. The maximum atomic E-state index is 14.4. The third-order valence-corrected chi connectivity index (χ3v) is 5.06. The molecule has 0 saturated carbocycles. The van der Waals surface area contributed by atoms with Crippen LogP contribution in [-0.4, -0.2) is 10.5 Å². The fourth-order valence-corrected chi connectivity index (χ4v) is 3.70. The van der Waals surface area contributed by atoms with Crippen molar-refractivity contribution in [2.75, 3.05) is 0 Å². The van der Waals surface area contributed by atoms with Gasteiger partial charge in [0.25, 0.3) is 0 Å². The number of carbonyl (C=O) groups is 1. The van der Waals surface area contributed by atoms with Crippen LogP contribution in [0, 0.1) is 5.82 Å². The van der Waals surface area contributed by atoms with Crippen LogP contribution in [0.1, 0.15) is 21.5 Å². The lowest BCUT2D eigenvalue weighted by Gasteiger charge is -2.12. The van der Waals surface area contributed by atoms with Crippen LogP contribution < -0.4 is 5.73 Å². The summed E-state index contributed by atoms with van der Waals surface area (Å²) in [7, 11) is 0. The van der Waals surface area contributed by atoms with Crippen molar-refractivity contribution < 1.29 is 22.4 Å². The van der Waals surface area contributed by atoms with Gasteiger partial charge in [-0.15, -0.1) is 0 Å². The quantitative estimate of drug-likeness (QED) is 0.421. The van der Waals surface area contributed by atoms with Gasteiger partial charge in [0.1, 0.15) is 5.82 Å². The first-order valence-electron chi connectivity index (χ1n) is 8.52. The zero-order valence-electron chi connectivity index (χ0n) is 14.7. The van der Waals surface area contributed by atoms with Gasteiger partial charge < -0.3 is 10.3 Å². The summed E-state index contributed by atoms with van der Waals surface area (Å²) in [5.41, 5.74) is 5.77. The van der Waals surface area contributed by atoms with E-state index in [0.717, 1.165) is 12.1 Å². The lowest BCUT2D eigenvalue weighted by Crippen LogP contribution is -2.11. The molecule has 0 atom stereocenters. The summed E-state index contributed by atoms with van der Waals surface area (Å²) < 4.78 is 55.2. The maximum Gasteiger partial charge on any atom is 0.416 e. The largest absolute Gasteiger partial charge is 0.416 e. The molecule has 3 aromatic carbocycles. The molecule has 0 fully saturated rings. The van der Waals surface area contributed by atoms with Crippen molar-refractivity contribution in [1.82, 2.24) is 4.57 Å². The third kappa shape index (κ3) is 3.31. The van der Waals surface area contributed by atoms with Crippen LogP contribution in [0.4, 0.5) is 17.6 Å². The number of benzene rings is 3. The van der Waals surface area contributed by atoms with Gasteiger partial charge in [-0.05, 0) is 42.5 Å². The molecular formula is C21H13ClF4N2O. The van der Waals surface area contributed by atoms with Gasteiger partial charge in [0, 0.05) is 26.9 Å². The molecule has 0 aliphatic carbocycles. The van der Waals surface area contributed by atoms with Crippen LogP contribution in [-0.2, 0) is 12.7 Å². The van der Waals surface area contributed by atoms with Crippen molar-refractivity contribution >= 4 is 39.3 Å². The molecule has 0 radical (unpaired) electrons. The topological polar surface area (TPSA) is 48.0 Å². The number of aromatic nitrogens is 1. The minimum absolute atomic E-state index is 0.136. The predicted octanol–water partition coefficient (Wildman–Crippen LogP) is 5.75. The van der Waals surface area contributed by atoms with E-state index in [4.69, 9.17) is 17.3 Å². The molecular weight excluding hydrogens is 408 g/mol. The van der Waals surface area contributed by atoms with Gasteiger partial charge in [0.15, 0.2) is 0 Å². The van der Waals surface area contributed by atoms with Gasteiger partial charge in [-0.25, -0.2) is 4.39 Å². The number of amides is 1. The fourth-order valence-electron chi connectivity index (χ4n) is 3.54. The fraction of sp³-hybridized carbons (Fsp3) is 0.0952. The molecule has 1 aromatic heterocycles. The van der Waals surface area contributed by atoms with Crippen LogP contribution in [0.5, 0.6) is 0 Å². The van der Waals surface area contributed by atoms with E-state index in [1.165, 1.54) is 0 Å². The molecule has 29 heavy (non-hydrogen) atoms. The van der Waals surface area contributed by atoms with Gasteiger partial charge in [0.05, 0.1) is 23.1 Å². The zero-order chi connectivity index (χ0) is 20.9. The summed E-state index contributed by atoms with van der Waals surface area (Å²) >= 11 is 6.11. The van der Waals surface area contributed by atoms with Gasteiger partial charge in [-0.2, -0.15) is 13.2 Å². The van der Waals surface area contributed by atoms with E-state index in [1.54, 1.807) is 41.0 Å². The van der Waals surface area contributed by atoms with Crippen LogP contribution in [0.3, 0.4) is 0 Å². The van der Waals surface area contributed by atoms with Crippen molar-refractivity contribution in [3.8, 4) is 0 Å². The highest BCUT2D eigenvalue weighted by Crippen LogP contribution is 2.35. The minimum Gasteiger partial charge on any atom is -0.366 e. The molecule has 148 valence electrons. The van der Waals surface area contributed by atoms with Crippen LogP contribution in [0.15, 0.2) is 54.6 Å². The second-order valence-electron chi connectivity index (χ2n) is 6.62. The van der Waals surface area contributed by atoms with Gasteiger partial charge in [0.2, 0.25) is 5.91 Å². The average Bonchev–Trinajstić information content (AvgIpc) is 2.95. The molecule has 0 bridgehead atoms. The first kappa shape index (κ1) is 19.3. The molecule has 4 aromatic rings. The molecule has 0 spiro atoms. The standard InChI is InChI=1S/C21H13ClF4N2O/c22-13-5-6-14-18(9-13)28(17-3-1-2-15(19(14)17)20(27)29)10-11-8-12(21(24,25)26)4-7-16(11)23/h1-9H,10H2,(H2,27,29). The van der Waals surface area contributed by atoms with Crippen molar-refractivity contribution in [2.45, 2.75) is 12.7 Å². The Hall–Kier alpha value is -3.06. The van der Waals surface area contributed by atoms with Gasteiger partial charge >= 0.3 is 6.18 Å². The summed E-state index contributed by atoms with van der Waals surface area (Å²) in [6, 6.07) is 12.1. The number of halogens is 5. The number of nitrogens with zero attached hydrogens (tertiary/aromatic N) is 1. The molecule has 1 heterocycles. The number of hydrogen-bond acceptors (Lipinski definition) is 1. The summed E-state index contributed by atoms with van der Waals surface area (Å²) in [6.45, 7) is -0.182. The smallest absolute Gasteiger partial charge is 0.366 e. The summed E-state index contributed by atoms with van der Waals surface area (Å²) in [5.74, 6) is -1.41. The number of carbonyl (C=O) groups excluding carboxylic acids is 1. The van der Waals surface area contributed by atoms with Crippen molar-refractivity contribution in [2.24, 2.45) is 5.73 Å². The van der Waals surface area contributed by atoms with E-state index in [1.807, 2.05) is 0 Å². The van der Waals surface area contributed by atoms with Crippen molar-refractivity contribution in [3.63, 3.8) is 0 Å². The Kier molecular flexibility index (Phi) is 4.50. The maximum absolute atomic E-state index is 14.4. The van der Waals surface area contributed by atoms with Gasteiger partial charge in [-0.1, -0.05) is 23.7 Å². The Labute approximate surface area is 167 Å². The summed E-state index contributed by atoms with van der Waals surface area (Å²) in [4.78, 5) is 11.9. The van der Waals surface area contributed by atoms with E-state index < -0.39 is 23.5 Å². The SMILES string of the molecule is NC(=O)c1cccc2c1c1ccc(Cl)cc1n2Cc1cc(C(F)(F)F)ccc1F. The molecule has 2 N–H and O–H groups in total. The van der Waals surface area contributed by atoms with E-state index in [-0.39, 0.29) is 17.7 Å². The highest BCUT2D eigenvalue weighted by atomic mass is 35.5. The molecule has 0 unspecified atom stereocenters. The Morgan fingerprint density at radius 3 is 2.48 bits per heavy atom. The number of fused-ring (bicyclic) bond motifs is 3. The highest BCUT2D eigenvalue weighted by Gasteiger charge is 2.31. The number of alkyl halides is 3. The van der Waals surface area contributed by atoms with E-state index in [9.17, 15) is 22.4 Å². The summed E-state index contributed by atoms with van der Waals surface area (Å²) in [6.07, 6.45) is -4.59. The van der Waals surface area contributed by atoms with Crippen LogP contribution >= 0.6 is 11.6 Å². The normalized spacial score (nSPS) is 12.0.